The molecule has 0 aliphatic carbocycles. The molecule has 22 heavy (non-hydrogen) atoms. The number of aromatic carboxylic acids is 1. The Hall–Kier alpha value is -1.89. The standard InChI is InChI=1S/C14H8Cl2N2O3S/c15-8-1-2-11(16)7(3-8)4-9-6-18-12(19)10(13(20)21)5-17-14(18)22-9/h1-3,5-6H,4H2,(H,20,21). The normalized spacial score (nSPS) is 11.0. The van der Waals surface area contributed by atoms with E-state index in [4.69, 9.17) is 28.3 Å². The van der Waals surface area contributed by atoms with Crippen molar-refractivity contribution in [2.24, 2.45) is 0 Å². The molecule has 112 valence electrons. The maximum Gasteiger partial charge on any atom is 0.342 e. The molecule has 0 fully saturated rings. The smallest absolute Gasteiger partial charge is 0.342 e. The number of aromatic nitrogens is 2. The quantitative estimate of drug-likeness (QED) is 0.782. The summed E-state index contributed by atoms with van der Waals surface area (Å²) in [7, 11) is 0. The number of carboxylic acids is 1. The molecule has 0 amide bonds. The number of thiazole rings is 1. The summed E-state index contributed by atoms with van der Waals surface area (Å²) in [6.45, 7) is 0. The summed E-state index contributed by atoms with van der Waals surface area (Å²) < 4.78 is 1.24. The fraction of sp³-hybridized carbons (Fsp3) is 0.0714. The van der Waals surface area contributed by atoms with Crippen molar-refractivity contribution in [2.45, 2.75) is 6.42 Å². The van der Waals surface area contributed by atoms with Crippen molar-refractivity contribution >= 4 is 45.5 Å². The summed E-state index contributed by atoms with van der Waals surface area (Å²) in [5.41, 5.74) is -0.132. The van der Waals surface area contributed by atoms with Gasteiger partial charge in [0.25, 0.3) is 5.56 Å². The summed E-state index contributed by atoms with van der Waals surface area (Å²) in [5.74, 6) is -1.29. The lowest BCUT2D eigenvalue weighted by Gasteiger charge is -2.02. The summed E-state index contributed by atoms with van der Waals surface area (Å²) in [5, 5.41) is 10.1. The first-order chi connectivity index (χ1) is 10.5. The third kappa shape index (κ3) is 2.72. The number of hydrogen-bond acceptors (Lipinski definition) is 4. The number of carbonyl (C=O) groups is 1. The first-order valence-corrected chi connectivity index (χ1v) is 7.70. The fourth-order valence-corrected chi connectivity index (χ4v) is 3.36. The number of benzene rings is 1. The van der Waals surface area contributed by atoms with Crippen LogP contribution in [0.15, 0.2) is 35.4 Å². The van der Waals surface area contributed by atoms with Gasteiger partial charge in [-0.05, 0) is 23.8 Å². The molecule has 0 bridgehead atoms. The van der Waals surface area contributed by atoms with Crippen molar-refractivity contribution in [3.63, 3.8) is 0 Å². The van der Waals surface area contributed by atoms with Gasteiger partial charge < -0.3 is 5.11 Å². The van der Waals surface area contributed by atoms with Gasteiger partial charge in [-0.15, -0.1) is 11.3 Å². The first-order valence-electron chi connectivity index (χ1n) is 6.13. The number of hydrogen-bond donors (Lipinski definition) is 1. The minimum Gasteiger partial charge on any atom is -0.477 e. The maximum atomic E-state index is 12.1. The molecule has 0 aliphatic rings. The molecule has 5 nitrogen and oxygen atoms in total. The highest BCUT2D eigenvalue weighted by Crippen LogP contribution is 2.25. The zero-order valence-electron chi connectivity index (χ0n) is 10.9. The van der Waals surface area contributed by atoms with E-state index < -0.39 is 11.5 Å². The van der Waals surface area contributed by atoms with Crippen LogP contribution in [0.3, 0.4) is 0 Å². The van der Waals surface area contributed by atoms with Gasteiger partial charge in [-0.2, -0.15) is 0 Å². The molecule has 0 atom stereocenters. The average molecular weight is 355 g/mol. The number of nitrogens with zero attached hydrogens (tertiary/aromatic N) is 2. The van der Waals surface area contributed by atoms with E-state index >= 15 is 0 Å². The van der Waals surface area contributed by atoms with Crippen LogP contribution in [0, 0.1) is 0 Å². The summed E-state index contributed by atoms with van der Waals surface area (Å²) in [6, 6.07) is 5.16. The van der Waals surface area contributed by atoms with Crippen LogP contribution in [0.25, 0.3) is 4.96 Å². The van der Waals surface area contributed by atoms with Gasteiger partial charge in [-0.3, -0.25) is 9.20 Å². The Kier molecular flexibility index (Phi) is 3.90. The lowest BCUT2D eigenvalue weighted by atomic mass is 10.1. The zero-order valence-corrected chi connectivity index (χ0v) is 13.2. The third-order valence-corrected chi connectivity index (χ3v) is 4.66. The lowest BCUT2D eigenvalue weighted by molar-refractivity contribution is 0.0694. The minimum absolute atomic E-state index is 0.359. The molecule has 0 saturated carbocycles. The van der Waals surface area contributed by atoms with Crippen LogP contribution in [0.1, 0.15) is 20.8 Å². The molecule has 1 aromatic carbocycles. The lowest BCUT2D eigenvalue weighted by Crippen LogP contribution is -2.21. The van der Waals surface area contributed by atoms with Crippen LogP contribution in [0.2, 0.25) is 10.0 Å². The van der Waals surface area contributed by atoms with E-state index in [-0.39, 0.29) is 5.56 Å². The Bertz CT molecular complexity index is 949. The molecule has 0 saturated heterocycles. The largest absolute Gasteiger partial charge is 0.477 e. The minimum atomic E-state index is -1.29. The molecule has 2 heterocycles. The number of carboxylic acid groups (broad SMARTS) is 1. The number of fused-ring (bicyclic) bond motifs is 1. The van der Waals surface area contributed by atoms with Crippen LogP contribution in [-0.2, 0) is 6.42 Å². The number of halogens is 2. The molecular formula is C14H8Cl2N2O3S. The van der Waals surface area contributed by atoms with E-state index in [2.05, 4.69) is 4.98 Å². The molecule has 0 unspecified atom stereocenters. The molecule has 3 aromatic rings. The van der Waals surface area contributed by atoms with Gasteiger partial charge in [0.05, 0.1) is 6.20 Å². The number of rotatable bonds is 3. The Morgan fingerprint density at radius 1 is 1.36 bits per heavy atom. The molecule has 0 aliphatic heterocycles. The predicted molar refractivity (Wildman–Crippen MR) is 85.6 cm³/mol. The Morgan fingerprint density at radius 2 is 2.14 bits per heavy atom. The van der Waals surface area contributed by atoms with Crippen molar-refractivity contribution in [1.29, 1.82) is 0 Å². The highest BCUT2D eigenvalue weighted by molar-refractivity contribution is 7.17. The molecule has 2 aromatic heterocycles. The third-order valence-electron chi connectivity index (χ3n) is 3.06. The summed E-state index contributed by atoms with van der Waals surface area (Å²) in [6.07, 6.45) is 3.14. The van der Waals surface area contributed by atoms with Gasteiger partial charge in [0.1, 0.15) is 5.56 Å². The van der Waals surface area contributed by atoms with Crippen LogP contribution in [0.4, 0.5) is 0 Å². The second-order valence-corrected chi connectivity index (χ2v) is 6.48. The Labute approximate surface area is 138 Å². The van der Waals surface area contributed by atoms with E-state index in [1.54, 1.807) is 24.4 Å². The fourth-order valence-electron chi connectivity index (χ4n) is 2.03. The van der Waals surface area contributed by atoms with Crippen LogP contribution in [-0.4, -0.2) is 20.5 Å². The molecule has 1 N–H and O–H groups in total. The van der Waals surface area contributed by atoms with Gasteiger partial charge in [0.2, 0.25) is 0 Å². The van der Waals surface area contributed by atoms with E-state index in [0.717, 1.165) is 16.6 Å². The van der Waals surface area contributed by atoms with Crippen LogP contribution < -0.4 is 5.56 Å². The second-order valence-electron chi connectivity index (χ2n) is 4.54. The van der Waals surface area contributed by atoms with E-state index in [0.29, 0.717) is 21.4 Å². The van der Waals surface area contributed by atoms with Crippen molar-refractivity contribution in [3.05, 3.63) is 67.0 Å². The Balaban J connectivity index is 2.06. The Morgan fingerprint density at radius 3 is 2.86 bits per heavy atom. The van der Waals surface area contributed by atoms with Crippen molar-refractivity contribution in [3.8, 4) is 0 Å². The molecule has 0 radical (unpaired) electrons. The topological polar surface area (TPSA) is 71.7 Å². The first kappa shape index (κ1) is 15.0. The second kappa shape index (κ2) is 5.72. The van der Waals surface area contributed by atoms with E-state index in [1.807, 2.05) is 0 Å². The van der Waals surface area contributed by atoms with Crippen molar-refractivity contribution in [1.82, 2.24) is 9.38 Å². The molecule has 0 spiro atoms. The van der Waals surface area contributed by atoms with Gasteiger partial charge >= 0.3 is 5.97 Å². The van der Waals surface area contributed by atoms with E-state index in [9.17, 15) is 9.59 Å². The SMILES string of the molecule is O=C(O)c1cnc2sc(Cc3cc(Cl)ccc3Cl)cn2c1=O. The highest BCUT2D eigenvalue weighted by atomic mass is 35.5. The molecule has 3 rings (SSSR count). The zero-order chi connectivity index (χ0) is 15.9. The van der Waals surface area contributed by atoms with Crippen LogP contribution >= 0.6 is 34.5 Å². The average Bonchev–Trinajstić information content (AvgIpc) is 2.86. The predicted octanol–water partition coefficient (Wildman–Crippen LogP) is 3.35. The summed E-state index contributed by atoms with van der Waals surface area (Å²) >= 11 is 13.4. The van der Waals surface area contributed by atoms with Gasteiger partial charge in [-0.1, -0.05) is 23.2 Å². The van der Waals surface area contributed by atoms with E-state index in [1.165, 1.54) is 15.7 Å². The van der Waals surface area contributed by atoms with Gasteiger partial charge in [0.15, 0.2) is 4.96 Å². The van der Waals surface area contributed by atoms with Crippen LogP contribution in [0.5, 0.6) is 0 Å². The van der Waals surface area contributed by atoms with Gasteiger partial charge in [0, 0.05) is 27.5 Å². The molecular weight excluding hydrogens is 347 g/mol. The van der Waals surface area contributed by atoms with Crippen molar-refractivity contribution < 1.29 is 9.90 Å². The van der Waals surface area contributed by atoms with Gasteiger partial charge in [-0.25, -0.2) is 9.78 Å². The monoisotopic (exact) mass is 354 g/mol. The summed E-state index contributed by atoms with van der Waals surface area (Å²) in [4.78, 5) is 28.3. The maximum absolute atomic E-state index is 12.1. The molecule has 8 heteroatoms. The van der Waals surface area contributed by atoms with Crippen molar-refractivity contribution in [2.75, 3.05) is 0 Å². The highest BCUT2D eigenvalue weighted by Gasteiger charge is 2.14.